The Bertz CT molecular complexity index is 162. The van der Waals surface area contributed by atoms with Crippen LogP contribution in [0.5, 0.6) is 0 Å². The van der Waals surface area contributed by atoms with Gasteiger partial charge in [-0.15, -0.1) is 4.76 Å². The van der Waals surface area contributed by atoms with Crippen LogP contribution >= 0.6 is 7.75 Å². The second-order valence-electron chi connectivity index (χ2n) is 1.20. The van der Waals surface area contributed by atoms with E-state index in [0.717, 1.165) is 7.11 Å². The molecule has 0 bridgehead atoms. The van der Waals surface area contributed by atoms with Gasteiger partial charge in [0.2, 0.25) is 0 Å². The second kappa shape index (κ2) is 2.82. The van der Waals surface area contributed by atoms with Crippen LogP contribution in [0.25, 0.3) is 0 Å². The average molecular weight is 153 g/mol. The van der Waals surface area contributed by atoms with Gasteiger partial charge in [0.05, 0.1) is 0 Å². The highest BCUT2D eigenvalue weighted by Crippen LogP contribution is 2.41. The fourth-order valence-corrected chi connectivity index (χ4v) is 0.560. The van der Waals surface area contributed by atoms with Gasteiger partial charge in [-0.1, -0.05) is 0 Å². The van der Waals surface area contributed by atoms with Gasteiger partial charge < -0.3 is 16.4 Å². The van der Waals surface area contributed by atoms with Gasteiger partial charge >= 0.3 is 7.75 Å². The number of nitrogens with zero attached hydrogens (tertiary/aromatic N) is 1. The van der Waals surface area contributed by atoms with Crippen LogP contribution in [-0.2, 0) is 9.09 Å². The molecule has 0 aromatic heterocycles. The highest BCUT2D eigenvalue weighted by molar-refractivity contribution is 7.51. The van der Waals surface area contributed by atoms with Crippen LogP contribution in [0.3, 0.4) is 0 Å². The lowest BCUT2D eigenvalue weighted by atomic mass is 11.1. The molecule has 0 aromatic rings. The van der Waals surface area contributed by atoms with E-state index < -0.39 is 13.7 Å². The SMILES string of the molecule is COP(=O)(O)N=C(N)N. The highest BCUT2D eigenvalue weighted by Gasteiger charge is 2.14. The van der Waals surface area contributed by atoms with Crippen molar-refractivity contribution in [3.8, 4) is 0 Å². The zero-order valence-electron chi connectivity index (χ0n) is 4.81. The van der Waals surface area contributed by atoms with Crippen LogP contribution in [0.4, 0.5) is 0 Å². The van der Waals surface area contributed by atoms with E-state index in [2.05, 4.69) is 9.29 Å². The van der Waals surface area contributed by atoms with Crippen molar-refractivity contribution in [1.82, 2.24) is 0 Å². The molecular formula is C2H8N3O3P. The zero-order valence-corrected chi connectivity index (χ0v) is 5.71. The van der Waals surface area contributed by atoms with E-state index in [1.807, 2.05) is 0 Å². The van der Waals surface area contributed by atoms with Gasteiger partial charge in [-0.3, -0.25) is 4.52 Å². The predicted molar refractivity (Wildman–Crippen MR) is 32.6 cm³/mol. The smallest absolute Gasteiger partial charge is 0.370 e. The van der Waals surface area contributed by atoms with Crippen LogP contribution in [0.2, 0.25) is 0 Å². The number of guanidine groups is 1. The molecule has 0 aliphatic heterocycles. The Hall–Kier alpha value is -0.580. The summed E-state index contributed by atoms with van der Waals surface area (Å²) in [5.74, 6) is -0.470. The maximum Gasteiger partial charge on any atom is 0.454 e. The summed E-state index contributed by atoms with van der Waals surface area (Å²) in [5, 5.41) is 0. The van der Waals surface area contributed by atoms with Crippen molar-refractivity contribution in [2.45, 2.75) is 0 Å². The van der Waals surface area contributed by atoms with Crippen LogP contribution in [-0.4, -0.2) is 18.0 Å². The van der Waals surface area contributed by atoms with E-state index in [4.69, 9.17) is 16.4 Å². The van der Waals surface area contributed by atoms with Crippen molar-refractivity contribution in [2.24, 2.45) is 16.2 Å². The molecule has 1 unspecified atom stereocenters. The normalized spacial score (nSPS) is 16.2. The second-order valence-corrected chi connectivity index (χ2v) is 2.74. The van der Waals surface area contributed by atoms with Gasteiger partial charge in [-0.05, 0) is 0 Å². The van der Waals surface area contributed by atoms with Gasteiger partial charge in [0.1, 0.15) is 0 Å². The molecule has 0 amide bonds. The van der Waals surface area contributed by atoms with Crippen LogP contribution in [0.1, 0.15) is 0 Å². The van der Waals surface area contributed by atoms with Gasteiger partial charge in [-0.2, -0.15) is 0 Å². The van der Waals surface area contributed by atoms with Gasteiger partial charge in [-0.25, -0.2) is 4.57 Å². The summed E-state index contributed by atoms with van der Waals surface area (Å²) in [6.07, 6.45) is 0. The predicted octanol–water partition coefficient (Wildman–Crippen LogP) is -0.993. The average Bonchev–Trinajstić information content (AvgIpc) is 1.63. The fraction of sp³-hybridized carbons (Fsp3) is 0.500. The topological polar surface area (TPSA) is 111 Å². The molecule has 0 aliphatic carbocycles. The molecule has 5 N–H and O–H groups in total. The summed E-state index contributed by atoms with van der Waals surface area (Å²) in [7, 11) is -2.86. The Kier molecular flexibility index (Phi) is 2.64. The van der Waals surface area contributed by atoms with Crippen LogP contribution in [0.15, 0.2) is 4.76 Å². The molecule has 0 rings (SSSR count). The highest BCUT2D eigenvalue weighted by atomic mass is 31.2. The third-order valence-electron chi connectivity index (χ3n) is 0.480. The lowest BCUT2D eigenvalue weighted by molar-refractivity contribution is 0.317. The van der Waals surface area contributed by atoms with Gasteiger partial charge in [0, 0.05) is 7.11 Å². The summed E-state index contributed by atoms with van der Waals surface area (Å²) < 4.78 is 17.3. The van der Waals surface area contributed by atoms with Crippen molar-refractivity contribution in [3.63, 3.8) is 0 Å². The first-order valence-corrected chi connectivity index (χ1v) is 3.50. The maximum absolute atomic E-state index is 10.4. The van der Waals surface area contributed by atoms with Crippen LogP contribution < -0.4 is 11.5 Å². The number of rotatable bonds is 2. The monoisotopic (exact) mass is 153 g/mol. The lowest BCUT2D eigenvalue weighted by Crippen LogP contribution is -2.22. The molecule has 0 heterocycles. The first kappa shape index (κ1) is 8.42. The molecule has 0 aromatic carbocycles. The molecular weight excluding hydrogens is 145 g/mol. The Morgan fingerprint density at radius 1 is 1.78 bits per heavy atom. The summed E-state index contributed by atoms with van der Waals surface area (Å²) in [4.78, 5) is 8.48. The Labute approximate surface area is 52.1 Å². The van der Waals surface area contributed by atoms with Crippen LogP contribution in [0, 0.1) is 0 Å². The largest absolute Gasteiger partial charge is 0.454 e. The molecule has 54 valence electrons. The minimum absolute atomic E-state index is 0.470. The molecule has 9 heavy (non-hydrogen) atoms. The van der Waals surface area contributed by atoms with Crippen molar-refractivity contribution in [2.75, 3.05) is 7.11 Å². The lowest BCUT2D eigenvalue weighted by Gasteiger charge is -1.99. The van der Waals surface area contributed by atoms with Crippen molar-refractivity contribution in [3.05, 3.63) is 0 Å². The fourth-order valence-electron chi connectivity index (χ4n) is 0.187. The van der Waals surface area contributed by atoms with Crippen molar-refractivity contribution >= 4 is 13.7 Å². The molecule has 0 saturated carbocycles. The molecule has 1 atom stereocenters. The van der Waals surface area contributed by atoms with E-state index in [-0.39, 0.29) is 0 Å². The Morgan fingerprint density at radius 2 is 2.22 bits per heavy atom. The van der Waals surface area contributed by atoms with E-state index in [0.29, 0.717) is 0 Å². The summed E-state index contributed by atoms with van der Waals surface area (Å²) in [6.45, 7) is 0. The molecule has 0 radical (unpaired) electrons. The molecule has 0 aliphatic rings. The number of hydrogen-bond acceptors (Lipinski definition) is 2. The first-order chi connectivity index (χ1) is 3.98. The third-order valence-corrected chi connectivity index (χ3v) is 1.44. The maximum atomic E-state index is 10.4. The van der Waals surface area contributed by atoms with E-state index in [1.165, 1.54) is 0 Å². The van der Waals surface area contributed by atoms with Crippen molar-refractivity contribution in [1.29, 1.82) is 0 Å². The van der Waals surface area contributed by atoms with Crippen molar-refractivity contribution < 1.29 is 14.0 Å². The molecule has 7 heteroatoms. The summed E-state index contributed by atoms with van der Waals surface area (Å²) >= 11 is 0. The van der Waals surface area contributed by atoms with E-state index >= 15 is 0 Å². The molecule has 6 nitrogen and oxygen atoms in total. The summed E-state index contributed by atoms with van der Waals surface area (Å²) in [6, 6.07) is 0. The molecule has 0 spiro atoms. The molecule has 0 saturated heterocycles. The standard InChI is InChI=1S/C2H8N3O3P/c1-8-9(6,7)5-2(3)4/h1H3,(H5,3,4,5,6,7). The Morgan fingerprint density at radius 3 is 2.33 bits per heavy atom. The first-order valence-electron chi connectivity index (χ1n) is 1.97. The molecule has 0 fully saturated rings. The number of nitrogens with two attached hydrogens (primary N) is 2. The quantitative estimate of drug-likeness (QED) is 0.268. The van der Waals surface area contributed by atoms with Gasteiger partial charge in [0.25, 0.3) is 0 Å². The zero-order chi connectivity index (χ0) is 7.49. The minimum Gasteiger partial charge on any atom is -0.370 e. The summed E-state index contributed by atoms with van der Waals surface area (Å²) in [5.41, 5.74) is 9.54. The van der Waals surface area contributed by atoms with E-state index in [1.54, 1.807) is 0 Å². The third kappa shape index (κ3) is 3.96. The van der Waals surface area contributed by atoms with E-state index in [9.17, 15) is 4.57 Å². The Balaban J connectivity index is 4.20. The number of hydrogen-bond donors (Lipinski definition) is 3. The van der Waals surface area contributed by atoms with Gasteiger partial charge in [0.15, 0.2) is 5.96 Å². The minimum atomic E-state index is -3.89.